The van der Waals surface area contributed by atoms with Gasteiger partial charge in [0.1, 0.15) is 0 Å². The van der Waals surface area contributed by atoms with E-state index in [1.54, 1.807) is 0 Å². The topological polar surface area (TPSA) is 54.2 Å². The van der Waals surface area contributed by atoms with Crippen molar-refractivity contribution < 1.29 is 4.52 Å². The number of nitrogens with one attached hydrogen (secondary N) is 1. The molecule has 1 aliphatic rings. The Kier molecular flexibility index (Phi) is 7.48. The fourth-order valence-electron chi connectivity index (χ4n) is 2.71. The molecule has 20 heavy (non-hydrogen) atoms. The molecule has 1 saturated heterocycles. The Labute approximate surface area is 127 Å². The molecule has 0 saturated carbocycles. The van der Waals surface area contributed by atoms with E-state index in [0.717, 1.165) is 43.7 Å². The molecule has 1 aromatic heterocycles. The third-order valence-electron chi connectivity index (χ3n) is 4.16. The van der Waals surface area contributed by atoms with E-state index in [1.807, 2.05) is 14.0 Å². The first kappa shape index (κ1) is 17.4. The number of piperidine rings is 1. The van der Waals surface area contributed by atoms with E-state index in [4.69, 9.17) is 4.52 Å². The minimum absolute atomic E-state index is 0. The second kappa shape index (κ2) is 8.60. The maximum absolute atomic E-state index is 5.35. The Morgan fingerprint density at radius 3 is 2.65 bits per heavy atom. The van der Waals surface area contributed by atoms with Crippen LogP contribution in [0.4, 0.5) is 0 Å². The molecule has 1 aliphatic heterocycles. The van der Waals surface area contributed by atoms with Crippen molar-refractivity contribution >= 4 is 12.4 Å². The van der Waals surface area contributed by atoms with Crippen LogP contribution >= 0.6 is 12.4 Å². The third-order valence-corrected chi connectivity index (χ3v) is 4.16. The summed E-state index contributed by atoms with van der Waals surface area (Å²) in [4.78, 5) is 6.90. The van der Waals surface area contributed by atoms with Gasteiger partial charge in [-0.2, -0.15) is 4.98 Å². The lowest BCUT2D eigenvalue weighted by atomic mass is 9.93. The highest BCUT2D eigenvalue weighted by molar-refractivity contribution is 5.85. The summed E-state index contributed by atoms with van der Waals surface area (Å²) in [5.74, 6) is 2.45. The molecule has 116 valence electrons. The van der Waals surface area contributed by atoms with Crippen LogP contribution in [0.2, 0.25) is 0 Å². The summed E-state index contributed by atoms with van der Waals surface area (Å²) < 4.78 is 5.35. The molecule has 1 atom stereocenters. The van der Waals surface area contributed by atoms with Crippen molar-refractivity contribution in [3.8, 4) is 0 Å². The summed E-state index contributed by atoms with van der Waals surface area (Å²) in [6, 6.07) is 0.248. The van der Waals surface area contributed by atoms with Crippen LogP contribution in [0.1, 0.15) is 50.9 Å². The van der Waals surface area contributed by atoms with Crippen LogP contribution < -0.4 is 5.32 Å². The molecule has 0 amide bonds. The molecule has 1 fully saturated rings. The van der Waals surface area contributed by atoms with Crippen molar-refractivity contribution in [3.05, 3.63) is 11.7 Å². The van der Waals surface area contributed by atoms with Crippen molar-refractivity contribution in [2.75, 3.05) is 26.7 Å². The van der Waals surface area contributed by atoms with Crippen LogP contribution in [-0.4, -0.2) is 41.7 Å². The summed E-state index contributed by atoms with van der Waals surface area (Å²) in [6.45, 7) is 7.62. The average molecular weight is 303 g/mol. The van der Waals surface area contributed by atoms with Gasteiger partial charge in [0.2, 0.25) is 5.89 Å². The van der Waals surface area contributed by atoms with E-state index >= 15 is 0 Å². The Morgan fingerprint density at radius 2 is 2.10 bits per heavy atom. The van der Waals surface area contributed by atoms with Gasteiger partial charge in [-0.1, -0.05) is 12.1 Å². The summed E-state index contributed by atoms with van der Waals surface area (Å²) in [7, 11) is 2.03. The number of hydrogen-bond acceptors (Lipinski definition) is 5. The maximum Gasteiger partial charge on any atom is 0.243 e. The van der Waals surface area contributed by atoms with Gasteiger partial charge in [-0.05, 0) is 58.8 Å². The van der Waals surface area contributed by atoms with E-state index in [1.165, 1.54) is 19.3 Å². The SMILES string of the molecule is CCc1noc(C(C)N2CCC(CCNC)CC2)n1.Cl. The van der Waals surface area contributed by atoms with Gasteiger partial charge in [0.05, 0.1) is 6.04 Å². The number of nitrogens with zero attached hydrogens (tertiary/aromatic N) is 3. The molecule has 0 aliphatic carbocycles. The monoisotopic (exact) mass is 302 g/mol. The Balaban J connectivity index is 0.00000200. The van der Waals surface area contributed by atoms with Crippen molar-refractivity contribution in [1.82, 2.24) is 20.4 Å². The van der Waals surface area contributed by atoms with Crippen LogP contribution in [0.15, 0.2) is 4.52 Å². The van der Waals surface area contributed by atoms with E-state index in [0.29, 0.717) is 0 Å². The molecule has 1 N–H and O–H groups in total. The van der Waals surface area contributed by atoms with Crippen LogP contribution in [0.5, 0.6) is 0 Å². The van der Waals surface area contributed by atoms with Crippen molar-refractivity contribution in [2.45, 2.75) is 45.6 Å². The number of aromatic nitrogens is 2. The number of halogens is 1. The lowest BCUT2D eigenvalue weighted by molar-refractivity contribution is 0.117. The lowest BCUT2D eigenvalue weighted by Gasteiger charge is -2.34. The van der Waals surface area contributed by atoms with Crippen molar-refractivity contribution in [1.29, 1.82) is 0 Å². The summed E-state index contributed by atoms with van der Waals surface area (Å²) >= 11 is 0. The first-order chi connectivity index (χ1) is 9.24. The largest absolute Gasteiger partial charge is 0.338 e. The minimum Gasteiger partial charge on any atom is -0.338 e. The second-order valence-corrected chi connectivity index (χ2v) is 5.45. The number of aryl methyl sites for hydroxylation is 1. The van der Waals surface area contributed by atoms with E-state index in [2.05, 4.69) is 27.3 Å². The molecule has 6 heteroatoms. The number of rotatable bonds is 6. The van der Waals surface area contributed by atoms with Gasteiger partial charge in [-0.15, -0.1) is 12.4 Å². The fourth-order valence-corrected chi connectivity index (χ4v) is 2.71. The average Bonchev–Trinajstić information content (AvgIpc) is 2.94. The first-order valence-electron chi connectivity index (χ1n) is 7.45. The van der Waals surface area contributed by atoms with Crippen LogP contribution in [0, 0.1) is 5.92 Å². The van der Waals surface area contributed by atoms with Crippen LogP contribution in [-0.2, 0) is 6.42 Å². The van der Waals surface area contributed by atoms with Gasteiger partial charge in [0.15, 0.2) is 5.82 Å². The third kappa shape index (κ3) is 4.43. The zero-order valence-corrected chi connectivity index (χ0v) is 13.6. The molecule has 0 aromatic carbocycles. The highest BCUT2D eigenvalue weighted by Crippen LogP contribution is 2.27. The van der Waals surface area contributed by atoms with E-state index < -0.39 is 0 Å². The van der Waals surface area contributed by atoms with E-state index in [9.17, 15) is 0 Å². The molecule has 2 heterocycles. The summed E-state index contributed by atoms with van der Waals surface area (Å²) in [6.07, 6.45) is 4.68. The van der Waals surface area contributed by atoms with E-state index in [-0.39, 0.29) is 18.4 Å². The molecular weight excluding hydrogens is 276 g/mol. The molecule has 0 bridgehead atoms. The number of likely N-dealkylation sites (tertiary alicyclic amines) is 1. The van der Waals surface area contributed by atoms with Gasteiger partial charge in [-0.25, -0.2) is 0 Å². The van der Waals surface area contributed by atoms with Gasteiger partial charge in [-0.3, -0.25) is 4.90 Å². The van der Waals surface area contributed by atoms with Crippen molar-refractivity contribution in [2.24, 2.45) is 5.92 Å². The quantitative estimate of drug-likeness (QED) is 0.875. The first-order valence-corrected chi connectivity index (χ1v) is 7.45. The minimum atomic E-state index is 0. The molecule has 1 unspecified atom stereocenters. The second-order valence-electron chi connectivity index (χ2n) is 5.45. The van der Waals surface area contributed by atoms with Gasteiger partial charge in [0, 0.05) is 6.42 Å². The standard InChI is InChI=1S/C14H26N4O.ClH/c1-4-13-16-14(19-17-13)11(2)18-9-6-12(7-10-18)5-8-15-3;/h11-12,15H,4-10H2,1-3H3;1H. The molecule has 0 radical (unpaired) electrons. The summed E-state index contributed by atoms with van der Waals surface area (Å²) in [5, 5.41) is 7.22. The highest BCUT2D eigenvalue weighted by atomic mass is 35.5. The Morgan fingerprint density at radius 1 is 1.40 bits per heavy atom. The Bertz CT molecular complexity index is 377. The van der Waals surface area contributed by atoms with Crippen LogP contribution in [0.3, 0.4) is 0 Å². The highest BCUT2D eigenvalue weighted by Gasteiger charge is 2.26. The maximum atomic E-state index is 5.35. The fraction of sp³-hybridized carbons (Fsp3) is 0.857. The molecule has 0 spiro atoms. The molecule has 5 nitrogen and oxygen atoms in total. The zero-order chi connectivity index (χ0) is 13.7. The normalized spacial score (nSPS) is 18.8. The smallest absolute Gasteiger partial charge is 0.243 e. The predicted octanol–water partition coefficient (Wildman–Crippen LogP) is 2.44. The predicted molar refractivity (Wildman–Crippen MR) is 82.2 cm³/mol. The van der Waals surface area contributed by atoms with Gasteiger partial charge in [0.25, 0.3) is 0 Å². The zero-order valence-electron chi connectivity index (χ0n) is 12.8. The van der Waals surface area contributed by atoms with Gasteiger partial charge >= 0.3 is 0 Å². The summed E-state index contributed by atoms with van der Waals surface area (Å²) in [5.41, 5.74) is 0. The molecule has 1 aromatic rings. The Hall–Kier alpha value is -0.650. The van der Waals surface area contributed by atoms with Crippen molar-refractivity contribution in [3.63, 3.8) is 0 Å². The van der Waals surface area contributed by atoms with Gasteiger partial charge < -0.3 is 9.84 Å². The molecule has 2 rings (SSSR count). The lowest BCUT2D eigenvalue weighted by Crippen LogP contribution is -2.36. The number of hydrogen-bond donors (Lipinski definition) is 1. The molecular formula is C14H27ClN4O. The van der Waals surface area contributed by atoms with Crippen LogP contribution in [0.25, 0.3) is 0 Å².